The lowest BCUT2D eigenvalue weighted by Crippen LogP contribution is -1.99. The predicted molar refractivity (Wildman–Crippen MR) is 87.4 cm³/mol. The highest BCUT2D eigenvalue weighted by molar-refractivity contribution is 5.66. The summed E-state index contributed by atoms with van der Waals surface area (Å²) in [5.41, 5.74) is 0. The number of carboxylic acids is 1. The maximum Gasteiger partial charge on any atom is 0.303 e. The van der Waals surface area contributed by atoms with E-state index in [0.29, 0.717) is 19.3 Å². The van der Waals surface area contributed by atoms with Crippen LogP contribution in [0.25, 0.3) is 0 Å². The Hall–Kier alpha value is -0.860. The molecule has 1 atom stereocenters. The Morgan fingerprint density at radius 3 is 2.38 bits per heavy atom. The van der Waals surface area contributed by atoms with Crippen molar-refractivity contribution in [3.05, 3.63) is 12.2 Å². The molecule has 124 valence electrons. The van der Waals surface area contributed by atoms with E-state index in [9.17, 15) is 9.18 Å². The molecule has 3 heteroatoms. The van der Waals surface area contributed by atoms with Crippen LogP contribution in [0.3, 0.4) is 0 Å². The fourth-order valence-corrected chi connectivity index (χ4v) is 2.34. The molecule has 0 heterocycles. The Bertz CT molecular complexity index is 264. The minimum absolute atomic E-state index is 0.203. The number of rotatable bonds is 15. The molecule has 2 nitrogen and oxygen atoms in total. The third kappa shape index (κ3) is 17.1. The molecule has 1 N–H and O–H groups in total. The van der Waals surface area contributed by atoms with Gasteiger partial charge in [0, 0.05) is 6.42 Å². The van der Waals surface area contributed by atoms with E-state index >= 15 is 0 Å². The molecule has 0 aliphatic carbocycles. The van der Waals surface area contributed by atoms with Crippen LogP contribution in [0.1, 0.15) is 90.4 Å². The molecule has 0 saturated carbocycles. The molecule has 0 amide bonds. The van der Waals surface area contributed by atoms with Gasteiger partial charge in [0.2, 0.25) is 0 Å². The monoisotopic (exact) mass is 300 g/mol. The third-order valence-electron chi connectivity index (χ3n) is 3.69. The van der Waals surface area contributed by atoms with Gasteiger partial charge in [-0.2, -0.15) is 0 Å². The zero-order valence-corrected chi connectivity index (χ0v) is 13.7. The van der Waals surface area contributed by atoms with E-state index in [-0.39, 0.29) is 6.42 Å². The standard InChI is InChI=1S/C18H33FO2/c1-2-3-4-5-6-7-8-9-11-14-17(19)15-12-10-13-16-18(20)21/h9,11,17H,2-8,10,12-16H2,1H3,(H,20,21)/b11-9-. The highest BCUT2D eigenvalue weighted by atomic mass is 19.1. The van der Waals surface area contributed by atoms with Crippen molar-refractivity contribution in [2.45, 2.75) is 96.6 Å². The van der Waals surface area contributed by atoms with Gasteiger partial charge in [0.15, 0.2) is 0 Å². The smallest absolute Gasteiger partial charge is 0.303 e. The van der Waals surface area contributed by atoms with Crippen LogP contribution in [-0.2, 0) is 4.79 Å². The van der Waals surface area contributed by atoms with Crippen LogP contribution < -0.4 is 0 Å². The molecule has 0 aromatic rings. The van der Waals surface area contributed by atoms with Crippen LogP contribution in [0.2, 0.25) is 0 Å². The van der Waals surface area contributed by atoms with Crippen LogP contribution in [0.5, 0.6) is 0 Å². The molecule has 0 aliphatic heterocycles. The van der Waals surface area contributed by atoms with E-state index in [2.05, 4.69) is 13.0 Å². The van der Waals surface area contributed by atoms with Crippen molar-refractivity contribution in [3.8, 4) is 0 Å². The minimum atomic E-state index is -0.768. The molecule has 0 rings (SSSR count). The summed E-state index contributed by atoms with van der Waals surface area (Å²) in [5, 5.41) is 8.49. The second-order valence-corrected chi connectivity index (χ2v) is 5.85. The predicted octanol–water partition coefficient (Wildman–Crippen LogP) is 6.06. The number of hydrogen-bond donors (Lipinski definition) is 1. The molecule has 0 spiro atoms. The van der Waals surface area contributed by atoms with Gasteiger partial charge in [0.25, 0.3) is 0 Å². The first-order valence-electron chi connectivity index (χ1n) is 8.67. The number of allylic oxidation sites excluding steroid dienone is 2. The lowest BCUT2D eigenvalue weighted by Gasteiger charge is -2.04. The highest BCUT2D eigenvalue weighted by Gasteiger charge is 2.04. The first kappa shape index (κ1) is 20.1. The fourth-order valence-electron chi connectivity index (χ4n) is 2.34. The minimum Gasteiger partial charge on any atom is -0.481 e. The van der Waals surface area contributed by atoms with Crippen molar-refractivity contribution in [1.82, 2.24) is 0 Å². The zero-order valence-electron chi connectivity index (χ0n) is 13.7. The number of hydrogen-bond acceptors (Lipinski definition) is 1. The van der Waals surface area contributed by atoms with Crippen molar-refractivity contribution in [1.29, 1.82) is 0 Å². The summed E-state index contributed by atoms with van der Waals surface area (Å²) in [6.07, 6.45) is 15.7. The first-order chi connectivity index (χ1) is 10.2. The molecule has 1 unspecified atom stereocenters. The summed E-state index contributed by atoms with van der Waals surface area (Å²) in [4.78, 5) is 10.3. The number of unbranched alkanes of at least 4 members (excludes halogenated alkanes) is 8. The maximum absolute atomic E-state index is 13.5. The van der Waals surface area contributed by atoms with Crippen LogP contribution in [0, 0.1) is 0 Å². The fraction of sp³-hybridized carbons (Fsp3) is 0.833. The second kappa shape index (κ2) is 15.5. The Labute approximate surface area is 129 Å². The number of halogens is 1. The van der Waals surface area contributed by atoms with Gasteiger partial charge in [-0.1, -0.05) is 64.0 Å². The largest absolute Gasteiger partial charge is 0.481 e. The van der Waals surface area contributed by atoms with E-state index in [0.717, 1.165) is 19.3 Å². The lowest BCUT2D eigenvalue weighted by atomic mass is 10.1. The maximum atomic E-state index is 13.5. The van der Waals surface area contributed by atoms with Crippen LogP contribution in [0.4, 0.5) is 4.39 Å². The lowest BCUT2D eigenvalue weighted by molar-refractivity contribution is -0.137. The molecule has 0 bridgehead atoms. The molecule has 0 aromatic heterocycles. The van der Waals surface area contributed by atoms with Gasteiger partial charge in [-0.3, -0.25) is 4.79 Å². The summed E-state index contributed by atoms with van der Waals surface area (Å²) in [6, 6.07) is 0. The number of aliphatic carboxylic acids is 1. The van der Waals surface area contributed by atoms with Gasteiger partial charge in [-0.25, -0.2) is 4.39 Å². The summed E-state index contributed by atoms with van der Waals surface area (Å²) in [6.45, 7) is 2.22. The SMILES string of the molecule is CCCCCCCC/C=C\CC(F)CCCCCC(=O)O. The number of carboxylic acid groups (broad SMARTS) is 1. The van der Waals surface area contributed by atoms with Crippen molar-refractivity contribution in [2.75, 3.05) is 0 Å². The summed E-state index contributed by atoms with van der Waals surface area (Å²) in [7, 11) is 0. The molecule has 21 heavy (non-hydrogen) atoms. The van der Waals surface area contributed by atoms with Gasteiger partial charge >= 0.3 is 5.97 Å². The van der Waals surface area contributed by atoms with E-state index in [1.54, 1.807) is 0 Å². The van der Waals surface area contributed by atoms with E-state index < -0.39 is 12.1 Å². The van der Waals surface area contributed by atoms with Crippen molar-refractivity contribution >= 4 is 5.97 Å². The Morgan fingerprint density at radius 1 is 1.00 bits per heavy atom. The Morgan fingerprint density at radius 2 is 1.67 bits per heavy atom. The van der Waals surface area contributed by atoms with E-state index in [4.69, 9.17) is 5.11 Å². The average molecular weight is 300 g/mol. The molecule has 0 fully saturated rings. The summed E-state index contributed by atoms with van der Waals surface area (Å²) < 4.78 is 13.5. The number of alkyl halides is 1. The van der Waals surface area contributed by atoms with Crippen LogP contribution in [0.15, 0.2) is 12.2 Å². The molecule has 0 saturated heterocycles. The normalized spacial score (nSPS) is 12.9. The zero-order chi connectivity index (χ0) is 15.8. The van der Waals surface area contributed by atoms with Crippen molar-refractivity contribution < 1.29 is 14.3 Å². The third-order valence-corrected chi connectivity index (χ3v) is 3.69. The summed E-state index contributed by atoms with van der Waals surface area (Å²) in [5.74, 6) is -0.760. The molecule has 0 aromatic carbocycles. The van der Waals surface area contributed by atoms with Crippen LogP contribution >= 0.6 is 0 Å². The number of carbonyl (C=O) groups is 1. The highest BCUT2D eigenvalue weighted by Crippen LogP contribution is 2.12. The van der Waals surface area contributed by atoms with Gasteiger partial charge in [0.1, 0.15) is 6.17 Å². The van der Waals surface area contributed by atoms with Gasteiger partial charge in [0.05, 0.1) is 0 Å². The molecule has 0 aliphatic rings. The molecular weight excluding hydrogens is 267 g/mol. The van der Waals surface area contributed by atoms with Gasteiger partial charge in [-0.05, 0) is 32.1 Å². The Kier molecular flexibility index (Phi) is 14.9. The van der Waals surface area contributed by atoms with E-state index in [1.807, 2.05) is 6.08 Å². The molecule has 0 radical (unpaired) electrons. The van der Waals surface area contributed by atoms with Crippen LogP contribution in [-0.4, -0.2) is 17.2 Å². The first-order valence-corrected chi connectivity index (χ1v) is 8.67. The Balaban J connectivity index is 3.29. The topological polar surface area (TPSA) is 37.3 Å². The van der Waals surface area contributed by atoms with Gasteiger partial charge in [-0.15, -0.1) is 0 Å². The van der Waals surface area contributed by atoms with Crippen molar-refractivity contribution in [2.24, 2.45) is 0 Å². The second-order valence-electron chi connectivity index (χ2n) is 5.85. The quantitative estimate of drug-likeness (QED) is 0.295. The van der Waals surface area contributed by atoms with Crippen molar-refractivity contribution in [3.63, 3.8) is 0 Å². The van der Waals surface area contributed by atoms with E-state index in [1.165, 1.54) is 38.5 Å². The average Bonchev–Trinajstić information content (AvgIpc) is 2.45. The summed E-state index contributed by atoms with van der Waals surface area (Å²) >= 11 is 0. The molecular formula is C18H33FO2. The van der Waals surface area contributed by atoms with Gasteiger partial charge < -0.3 is 5.11 Å².